The Morgan fingerprint density at radius 3 is 2.38 bits per heavy atom. The Morgan fingerprint density at radius 2 is 1.71 bits per heavy atom. The smallest absolute Gasteiger partial charge is 0.204 e. The molecule has 0 atom stereocenters. The fourth-order valence-corrected chi connectivity index (χ4v) is 2.60. The molecule has 1 heterocycles. The summed E-state index contributed by atoms with van der Waals surface area (Å²) in [7, 11) is 0. The van der Waals surface area contributed by atoms with Crippen molar-refractivity contribution in [3.05, 3.63) is 83.4 Å². The van der Waals surface area contributed by atoms with Crippen LogP contribution < -0.4 is 0 Å². The first-order valence-corrected chi connectivity index (χ1v) is 7.63. The van der Waals surface area contributed by atoms with Crippen LogP contribution in [0.5, 0.6) is 0 Å². The Labute approximate surface area is 140 Å². The van der Waals surface area contributed by atoms with Crippen molar-refractivity contribution in [3.63, 3.8) is 0 Å². The predicted molar refractivity (Wildman–Crippen MR) is 92.1 cm³/mol. The first-order chi connectivity index (χ1) is 11.7. The summed E-state index contributed by atoms with van der Waals surface area (Å²) in [5.41, 5.74) is 4.61. The molecule has 0 fully saturated rings. The van der Waals surface area contributed by atoms with Gasteiger partial charge in [-0.15, -0.1) is 0 Å². The van der Waals surface area contributed by atoms with Crippen molar-refractivity contribution in [3.8, 4) is 11.1 Å². The van der Waals surface area contributed by atoms with E-state index in [1.165, 1.54) is 12.4 Å². The van der Waals surface area contributed by atoms with E-state index in [4.69, 9.17) is 0 Å². The van der Waals surface area contributed by atoms with Crippen molar-refractivity contribution < 1.29 is 9.59 Å². The van der Waals surface area contributed by atoms with Gasteiger partial charge in [-0.2, -0.15) is 0 Å². The molecule has 118 valence electrons. The van der Waals surface area contributed by atoms with Crippen LogP contribution in [0.2, 0.25) is 0 Å². The van der Waals surface area contributed by atoms with E-state index in [1.54, 1.807) is 0 Å². The van der Waals surface area contributed by atoms with E-state index >= 15 is 0 Å². The van der Waals surface area contributed by atoms with Gasteiger partial charge in [0.1, 0.15) is 0 Å². The van der Waals surface area contributed by atoms with Gasteiger partial charge in [0.2, 0.25) is 5.78 Å². The maximum atomic E-state index is 12.4. The highest BCUT2D eigenvalue weighted by Crippen LogP contribution is 2.26. The van der Waals surface area contributed by atoms with E-state index < -0.39 is 0 Å². The molecule has 0 saturated carbocycles. The Hall–Kier alpha value is -3.14. The summed E-state index contributed by atoms with van der Waals surface area (Å²) in [4.78, 5) is 31.0. The van der Waals surface area contributed by atoms with Gasteiger partial charge in [-0.25, -0.2) is 9.97 Å². The number of nitrogens with zero attached hydrogens (tertiary/aromatic N) is 2. The van der Waals surface area contributed by atoms with Gasteiger partial charge in [0, 0.05) is 18.8 Å². The quantitative estimate of drug-likeness (QED) is 0.532. The van der Waals surface area contributed by atoms with Crippen LogP contribution in [0.3, 0.4) is 0 Å². The normalized spacial score (nSPS) is 10.4. The zero-order valence-electron chi connectivity index (χ0n) is 13.3. The van der Waals surface area contributed by atoms with E-state index in [2.05, 4.69) is 22.1 Å². The van der Waals surface area contributed by atoms with E-state index in [9.17, 15) is 9.59 Å². The maximum absolute atomic E-state index is 12.4. The average Bonchev–Trinajstić information content (AvgIpc) is 2.64. The topological polar surface area (TPSA) is 59.9 Å². The van der Waals surface area contributed by atoms with Crippen molar-refractivity contribution in [2.75, 3.05) is 0 Å². The number of carbonyl (C=O) groups excluding carboxylic acids is 2. The van der Waals surface area contributed by atoms with Crippen LogP contribution in [0.4, 0.5) is 0 Å². The molecule has 2 aromatic carbocycles. The summed E-state index contributed by atoms with van der Waals surface area (Å²) >= 11 is 0. The highest BCUT2D eigenvalue weighted by molar-refractivity contribution is 5.94. The average molecular weight is 316 g/mol. The number of carbonyl (C=O) groups is 2. The molecule has 1 aromatic heterocycles. The van der Waals surface area contributed by atoms with Crippen molar-refractivity contribution >= 4 is 12.1 Å². The summed E-state index contributed by atoms with van der Waals surface area (Å²) in [5, 5.41) is 0. The van der Waals surface area contributed by atoms with Crippen molar-refractivity contribution in [2.24, 2.45) is 0 Å². The minimum Gasteiger partial charge on any atom is -0.298 e. The van der Waals surface area contributed by atoms with Crippen LogP contribution in [0.1, 0.15) is 32.1 Å². The first kappa shape index (κ1) is 15.7. The second-order valence-electron chi connectivity index (χ2n) is 5.51. The van der Waals surface area contributed by atoms with Crippen LogP contribution in [0.15, 0.2) is 60.9 Å². The van der Waals surface area contributed by atoms with E-state index in [1.807, 2.05) is 43.3 Å². The molecule has 0 amide bonds. The Bertz CT molecular complexity index is 872. The Morgan fingerprint density at radius 1 is 1.00 bits per heavy atom. The van der Waals surface area contributed by atoms with E-state index in [0.29, 0.717) is 11.8 Å². The highest BCUT2D eigenvalue weighted by atomic mass is 16.1. The zero-order valence-corrected chi connectivity index (χ0v) is 13.3. The standard InChI is InChI=1S/C20H16N2O2/c1-14-17(8-5-9-18(14)16-6-3-2-4-7-16)10-19(24)20-21-11-15(13-23)12-22-20/h2-9,11-13H,10H2,1H3. The van der Waals surface area contributed by atoms with Crippen LogP contribution in [0.25, 0.3) is 11.1 Å². The van der Waals surface area contributed by atoms with E-state index in [0.717, 1.165) is 22.3 Å². The van der Waals surface area contributed by atoms with Crippen molar-refractivity contribution in [1.82, 2.24) is 9.97 Å². The summed E-state index contributed by atoms with van der Waals surface area (Å²) in [6.45, 7) is 2.02. The number of hydrogen-bond donors (Lipinski definition) is 0. The van der Waals surface area contributed by atoms with Gasteiger partial charge in [0.05, 0.1) is 5.56 Å². The Kier molecular flexibility index (Phi) is 4.57. The summed E-state index contributed by atoms with van der Waals surface area (Å²) in [6, 6.07) is 16.0. The minimum absolute atomic E-state index is 0.130. The molecule has 0 radical (unpaired) electrons. The lowest BCUT2D eigenvalue weighted by atomic mass is 9.94. The molecule has 3 rings (SSSR count). The molecule has 0 aliphatic carbocycles. The number of rotatable bonds is 5. The lowest BCUT2D eigenvalue weighted by Crippen LogP contribution is -2.10. The number of ketones is 1. The number of aromatic nitrogens is 2. The third kappa shape index (κ3) is 3.27. The minimum atomic E-state index is -0.166. The van der Waals surface area contributed by atoms with Crippen LogP contribution >= 0.6 is 0 Å². The largest absolute Gasteiger partial charge is 0.298 e. The maximum Gasteiger partial charge on any atom is 0.204 e. The van der Waals surface area contributed by atoms with Gasteiger partial charge >= 0.3 is 0 Å². The van der Waals surface area contributed by atoms with Gasteiger partial charge in [-0.1, -0.05) is 48.5 Å². The lowest BCUT2D eigenvalue weighted by molar-refractivity contribution is 0.0981. The molecule has 0 unspecified atom stereocenters. The number of hydrogen-bond acceptors (Lipinski definition) is 4. The number of aldehydes is 1. The van der Waals surface area contributed by atoms with Crippen LogP contribution in [-0.4, -0.2) is 22.0 Å². The molecule has 4 heteroatoms. The third-order valence-electron chi connectivity index (χ3n) is 3.94. The van der Waals surface area contributed by atoms with Gasteiger partial charge in [0.15, 0.2) is 12.1 Å². The summed E-state index contributed by atoms with van der Waals surface area (Å²) < 4.78 is 0. The summed E-state index contributed by atoms with van der Waals surface area (Å²) in [6.07, 6.45) is 3.61. The molecular formula is C20H16N2O2. The number of Topliss-reactive ketones (excluding diaryl/α,β-unsaturated/α-hetero) is 1. The molecule has 0 aliphatic rings. The second kappa shape index (κ2) is 6.96. The van der Waals surface area contributed by atoms with Crippen LogP contribution in [0, 0.1) is 6.92 Å². The molecule has 0 N–H and O–H groups in total. The molecule has 3 aromatic rings. The monoisotopic (exact) mass is 316 g/mol. The fraction of sp³-hybridized carbons (Fsp3) is 0.100. The molecule has 24 heavy (non-hydrogen) atoms. The first-order valence-electron chi connectivity index (χ1n) is 7.63. The van der Waals surface area contributed by atoms with Crippen molar-refractivity contribution in [1.29, 1.82) is 0 Å². The highest BCUT2D eigenvalue weighted by Gasteiger charge is 2.13. The molecule has 0 aliphatic heterocycles. The van der Waals surface area contributed by atoms with Gasteiger partial charge < -0.3 is 0 Å². The fourth-order valence-electron chi connectivity index (χ4n) is 2.60. The van der Waals surface area contributed by atoms with Gasteiger partial charge in [-0.3, -0.25) is 9.59 Å². The molecule has 0 saturated heterocycles. The van der Waals surface area contributed by atoms with Crippen molar-refractivity contribution in [2.45, 2.75) is 13.3 Å². The van der Waals surface area contributed by atoms with Crippen LogP contribution in [-0.2, 0) is 6.42 Å². The third-order valence-corrected chi connectivity index (χ3v) is 3.94. The second-order valence-corrected chi connectivity index (χ2v) is 5.51. The lowest BCUT2D eigenvalue weighted by Gasteiger charge is -2.11. The molecule has 4 nitrogen and oxygen atoms in total. The predicted octanol–water partition coefficient (Wildman–Crippen LogP) is 3.69. The van der Waals surface area contributed by atoms with Gasteiger partial charge in [-0.05, 0) is 29.2 Å². The molecular weight excluding hydrogens is 300 g/mol. The molecule has 0 bridgehead atoms. The SMILES string of the molecule is Cc1c(CC(=O)c2ncc(C=O)cn2)cccc1-c1ccccc1. The summed E-state index contributed by atoms with van der Waals surface area (Å²) in [5.74, 6) is -0.0362. The molecule has 0 spiro atoms. The zero-order chi connectivity index (χ0) is 16.9. The van der Waals surface area contributed by atoms with E-state index in [-0.39, 0.29) is 18.0 Å². The Balaban J connectivity index is 1.87. The van der Waals surface area contributed by atoms with Gasteiger partial charge in [0.25, 0.3) is 0 Å². The number of benzene rings is 2.